The summed E-state index contributed by atoms with van der Waals surface area (Å²) in [5.74, 6) is 0. The number of aryl methyl sites for hydroxylation is 1. The van der Waals surface area contributed by atoms with Crippen LogP contribution in [0.2, 0.25) is 0 Å². The van der Waals surface area contributed by atoms with Gasteiger partial charge in [-0.1, -0.05) is 18.2 Å². The van der Waals surface area contributed by atoms with E-state index in [1.54, 1.807) is 0 Å². The topological polar surface area (TPSA) is 12.9 Å². The van der Waals surface area contributed by atoms with E-state index in [-0.39, 0.29) is 0 Å². The number of benzene rings is 1. The maximum absolute atomic E-state index is 4.42. The fourth-order valence-electron chi connectivity index (χ4n) is 1.32. The number of hydrogen-bond donors (Lipinski definition) is 0. The van der Waals surface area contributed by atoms with Crippen molar-refractivity contribution >= 4 is 42.8 Å². The van der Waals surface area contributed by atoms with Gasteiger partial charge < -0.3 is 0 Å². The van der Waals surface area contributed by atoms with Crippen molar-refractivity contribution in [3.63, 3.8) is 0 Å². The van der Waals surface area contributed by atoms with Gasteiger partial charge in [0, 0.05) is 9.86 Å². The first-order chi connectivity index (χ1) is 6.18. The summed E-state index contributed by atoms with van der Waals surface area (Å²) in [5.41, 5.74) is 2.24. The summed E-state index contributed by atoms with van der Waals surface area (Å²) >= 11 is 6.89. The van der Waals surface area contributed by atoms with Gasteiger partial charge in [0.25, 0.3) is 0 Å². The molecule has 0 saturated carbocycles. The molecule has 0 fully saturated rings. The van der Waals surface area contributed by atoms with Gasteiger partial charge in [-0.3, -0.25) is 0 Å². The molecule has 0 aliphatic rings. The van der Waals surface area contributed by atoms with E-state index in [1.165, 1.54) is 5.56 Å². The Kier molecular flexibility index (Phi) is 2.39. The maximum Gasteiger partial charge on any atom is 0.107 e. The molecule has 0 bridgehead atoms. The zero-order chi connectivity index (χ0) is 9.42. The third kappa shape index (κ3) is 1.63. The lowest BCUT2D eigenvalue weighted by molar-refractivity contribution is 1.31. The Morgan fingerprint density at radius 2 is 2.00 bits per heavy atom. The molecule has 1 aromatic carbocycles. The fraction of sp³-hybridized carbons (Fsp3) is 0.100. The first kappa shape index (κ1) is 9.16. The second-order valence-corrected chi connectivity index (χ2v) is 4.56. The van der Waals surface area contributed by atoms with E-state index in [2.05, 4.69) is 55.9 Å². The summed E-state index contributed by atoms with van der Waals surface area (Å²) in [4.78, 5) is 4.42. The fourth-order valence-corrected chi connectivity index (χ4v) is 2.57. The van der Waals surface area contributed by atoms with Crippen LogP contribution >= 0.6 is 31.9 Å². The van der Waals surface area contributed by atoms with Gasteiger partial charge >= 0.3 is 0 Å². The minimum atomic E-state index is 0.862. The smallest absolute Gasteiger partial charge is 0.107 e. The quantitative estimate of drug-likeness (QED) is 0.668. The van der Waals surface area contributed by atoms with Crippen LogP contribution in [-0.4, -0.2) is 4.98 Å². The number of rotatable bonds is 0. The standard InChI is InChI=1S/C10H7Br2N/c1-6-3-2-4-7-8(11)5-9(12)13-10(6)7/h2-5H,1H3. The number of nitrogens with zero attached hydrogens (tertiary/aromatic N) is 1. The lowest BCUT2D eigenvalue weighted by Gasteiger charge is -2.03. The highest BCUT2D eigenvalue weighted by Gasteiger charge is 2.03. The molecular weight excluding hydrogens is 294 g/mol. The highest BCUT2D eigenvalue weighted by Crippen LogP contribution is 2.27. The van der Waals surface area contributed by atoms with Gasteiger partial charge in [-0.25, -0.2) is 4.98 Å². The molecular formula is C10H7Br2N. The Morgan fingerprint density at radius 3 is 2.77 bits per heavy atom. The van der Waals surface area contributed by atoms with Gasteiger partial charge in [-0.2, -0.15) is 0 Å². The molecule has 0 amide bonds. The Balaban J connectivity index is 2.94. The molecule has 2 aromatic rings. The second kappa shape index (κ2) is 3.39. The monoisotopic (exact) mass is 299 g/mol. The van der Waals surface area contributed by atoms with Crippen molar-refractivity contribution < 1.29 is 0 Å². The van der Waals surface area contributed by atoms with Gasteiger partial charge in [-0.15, -0.1) is 0 Å². The van der Waals surface area contributed by atoms with Crippen molar-refractivity contribution in [1.82, 2.24) is 4.98 Å². The number of para-hydroxylation sites is 1. The third-order valence-corrected chi connectivity index (χ3v) is 3.02. The molecule has 1 aromatic heterocycles. The molecule has 1 nitrogen and oxygen atoms in total. The van der Waals surface area contributed by atoms with E-state index in [9.17, 15) is 0 Å². The number of aromatic nitrogens is 1. The molecule has 0 N–H and O–H groups in total. The van der Waals surface area contributed by atoms with Crippen LogP contribution in [0.15, 0.2) is 33.3 Å². The predicted octanol–water partition coefficient (Wildman–Crippen LogP) is 4.07. The van der Waals surface area contributed by atoms with Crippen molar-refractivity contribution in [2.24, 2.45) is 0 Å². The lowest BCUT2D eigenvalue weighted by Crippen LogP contribution is -1.84. The van der Waals surface area contributed by atoms with Crippen molar-refractivity contribution in [3.8, 4) is 0 Å². The van der Waals surface area contributed by atoms with Crippen molar-refractivity contribution in [2.75, 3.05) is 0 Å². The van der Waals surface area contributed by atoms with Crippen LogP contribution in [0.4, 0.5) is 0 Å². The normalized spacial score (nSPS) is 10.7. The molecule has 0 aliphatic carbocycles. The molecule has 0 saturated heterocycles. The Bertz CT molecular complexity index is 466. The minimum Gasteiger partial charge on any atom is -0.241 e. The molecule has 1 heterocycles. The molecule has 0 radical (unpaired) electrons. The number of halogens is 2. The summed E-state index contributed by atoms with van der Waals surface area (Å²) in [6.07, 6.45) is 0. The van der Waals surface area contributed by atoms with Gasteiger partial charge in [-0.05, 0) is 50.4 Å². The Labute approximate surface area is 93.4 Å². The average molecular weight is 301 g/mol. The summed E-state index contributed by atoms with van der Waals surface area (Å²) < 4.78 is 1.94. The number of pyridine rings is 1. The third-order valence-electron chi connectivity index (χ3n) is 1.96. The van der Waals surface area contributed by atoms with Gasteiger partial charge in [0.2, 0.25) is 0 Å². The van der Waals surface area contributed by atoms with Crippen LogP contribution in [0.5, 0.6) is 0 Å². The molecule has 2 rings (SSSR count). The molecule has 3 heteroatoms. The highest BCUT2D eigenvalue weighted by molar-refractivity contribution is 9.11. The average Bonchev–Trinajstić information content (AvgIpc) is 2.07. The van der Waals surface area contributed by atoms with Crippen LogP contribution in [0, 0.1) is 6.92 Å². The van der Waals surface area contributed by atoms with Crippen LogP contribution in [0.1, 0.15) is 5.56 Å². The van der Waals surface area contributed by atoms with Crippen LogP contribution in [-0.2, 0) is 0 Å². The van der Waals surface area contributed by atoms with E-state index in [4.69, 9.17) is 0 Å². The van der Waals surface area contributed by atoms with Gasteiger partial charge in [0.1, 0.15) is 4.60 Å². The summed E-state index contributed by atoms with van der Waals surface area (Å²) in [7, 11) is 0. The van der Waals surface area contributed by atoms with E-state index in [1.807, 2.05) is 12.1 Å². The first-order valence-corrected chi connectivity index (χ1v) is 5.48. The molecule has 0 spiro atoms. The molecule has 66 valence electrons. The van der Waals surface area contributed by atoms with Crippen molar-refractivity contribution in [3.05, 3.63) is 38.9 Å². The van der Waals surface area contributed by atoms with Crippen LogP contribution < -0.4 is 0 Å². The maximum atomic E-state index is 4.42. The van der Waals surface area contributed by atoms with Crippen LogP contribution in [0.3, 0.4) is 0 Å². The Hall–Kier alpha value is -0.410. The number of hydrogen-bond acceptors (Lipinski definition) is 1. The van der Waals surface area contributed by atoms with E-state index in [0.29, 0.717) is 0 Å². The summed E-state index contributed by atoms with van der Waals surface area (Å²) in [6.45, 7) is 2.06. The second-order valence-electron chi connectivity index (χ2n) is 2.90. The zero-order valence-electron chi connectivity index (χ0n) is 7.01. The Morgan fingerprint density at radius 1 is 1.23 bits per heavy atom. The first-order valence-electron chi connectivity index (χ1n) is 3.90. The van der Waals surface area contributed by atoms with E-state index in [0.717, 1.165) is 20.0 Å². The largest absolute Gasteiger partial charge is 0.241 e. The molecule has 0 atom stereocenters. The van der Waals surface area contributed by atoms with E-state index < -0.39 is 0 Å². The minimum absolute atomic E-state index is 0.862. The molecule has 0 unspecified atom stereocenters. The van der Waals surface area contributed by atoms with Crippen molar-refractivity contribution in [1.29, 1.82) is 0 Å². The van der Waals surface area contributed by atoms with Gasteiger partial charge in [0.05, 0.1) is 5.52 Å². The molecule has 0 aliphatic heterocycles. The van der Waals surface area contributed by atoms with Gasteiger partial charge in [0.15, 0.2) is 0 Å². The lowest BCUT2D eigenvalue weighted by atomic mass is 10.1. The predicted molar refractivity (Wildman–Crippen MR) is 61.9 cm³/mol. The zero-order valence-corrected chi connectivity index (χ0v) is 10.2. The summed E-state index contributed by atoms with van der Waals surface area (Å²) in [6, 6.07) is 8.12. The highest BCUT2D eigenvalue weighted by atomic mass is 79.9. The SMILES string of the molecule is Cc1cccc2c(Br)cc(Br)nc12. The van der Waals surface area contributed by atoms with Crippen molar-refractivity contribution in [2.45, 2.75) is 6.92 Å². The number of fused-ring (bicyclic) bond motifs is 1. The van der Waals surface area contributed by atoms with Crippen LogP contribution in [0.25, 0.3) is 10.9 Å². The molecule has 13 heavy (non-hydrogen) atoms. The summed E-state index contributed by atoms with van der Waals surface area (Å²) in [5, 5.41) is 1.16. The van der Waals surface area contributed by atoms with E-state index >= 15 is 0 Å².